The van der Waals surface area contributed by atoms with Gasteiger partial charge in [0.1, 0.15) is 5.58 Å². The van der Waals surface area contributed by atoms with Gasteiger partial charge in [-0.15, -0.1) is 11.3 Å². The third-order valence-electron chi connectivity index (χ3n) is 10.9. The predicted molar refractivity (Wildman–Crippen MR) is 235 cm³/mol. The molecule has 0 bridgehead atoms. The molecule has 0 N–H and O–H groups in total. The summed E-state index contributed by atoms with van der Waals surface area (Å²) >= 11 is 1.87. The van der Waals surface area contributed by atoms with Crippen molar-refractivity contribution in [1.82, 2.24) is 0 Å². The third-order valence-corrected chi connectivity index (χ3v) is 12.1. The molecule has 0 atom stereocenters. The normalized spacial score (nSPS) is 11.6. The maximum atomic E-state index is 7.00. The fourth-order valence-corrected chi connectivity index (χ4v) is 9.51. The average molecular weight is 720 g/mol. The molecule has 3 heteroatoms. The SMILES string of the molecule is c1ccc(-c2ccc(N(c3ccc(-c4cccc5c4sc4ccccc45)cc3)c3c(-c4ccccc4)ccc4c3oc3ccc5ccccc5c34)cc2)cc1. The third kappa shape index (κ3) is 5.24. The molecule has 0 radical (unpaired) electrons. The molecule has 11 aromatic rings. The van der Waals surface area contributed by atoms with Gasteiger partial charge in [-0.2, -0.15) is 0 Å². The summed E-state index contributed by atoms with van der Waals surface area (Å²) in [4.78, 5) is 2.38. The van der Waals surface area contributed by atoms with E-state index in [1.807, 2.05) is 11.3 Å². The minimum atomic E-state index is 0.860. The molecule has 11 rings (SSSR count). The first-order valence-corrected chi connectivity index (χ1v) is 19.5. The minimum Gasteiger partial charge on any atom is -0.454 e. The molecular weight excluding hydrogens is 687 g/mol. The Hall–Kier alpha value is -6.94. The average Bonchev–Trinajstić information content (AvgIpc) is 3.84. The van der Waals surface area contributed by atoms with Crippen LogP contribution >= 0.6 is 11.3 Å². The van der Waals surface area contributed by atoms with E-state index in [1.165, 1.54) is 53.2 Å². The first-order chi connectivity index (χ1) is 27.3. The smallest absolute Gasteiger partial charge is 0.160 e. The van der Waals surface area contributed by atoms with Crippen LogP contribution in [0.5, 0.6) is 0 Å². The fraction of sp³-hybridized carbons (Fsp3) is 0. The summed E-state index contributed by atoms with van der Waals surface area (Å²) in [5.74, 6) is 0. The number of hydrogen-bond donors (Lipinski definition) is 0. The molecule has 258 valence electrons. The number of thiophene rings is 1. The van der Waals surface area contributed by atoms with Crippen LogP contribution in [0.25, 0.3) is 86.3 Å². The number of nitrogens with zero attached hydrogens (tertiary/aromatic N) is 1. The lowest BCUT2D eigenvalue weighted by atomic mass is 9.97. The van der Waals surface area contributed by atoms with Crippen molar-refractivity contribution in [1.29, 1.82) is 0 Å². The first kappa shape index (κ1) is 31.6. The predicted octanol–water partition coefficient (Wildman–Crippen LogP) is 15.6. The largest absolute Gasteiger partial charge is 0.454 e. The van der Waals surface area contributed by atoms with Crippen LogP contribution in [0, 0.1) is 0 Å². The molecule has 0 saturated carbocycles. The summed E-state index contributed by atoms with van der Waals surface area (Å²) in [7, 11) is 0. The van der Waals surface area contributed by atoms with Crippen LogP contribution in [-0.4, -0.2) is 0 Å². The van der Waals surface area contributed by atoms with Crippen LogP contribution in [0.1, 0.15) is 0 Å². The van der Waals surface area contributed by atoms with Gasteiger partial charge in [0, 0.05) is 47.9 Å². The van der Waals surface area contributed by atoms with E-state index in [0.717, 1.165) is 50.1 Å². The van der Waals surface area contributed by atoms with Gasteiger partial charge in [0.05, 0.1) is 5.69 Å². The molecule has 9 aromatic carbocycles. The number of fused-ring (bicyclic) bond motifs is 8. The van der Waals surface area contributed by atoms with Crippen LogP contribution in [0.4, 0.5) is 17.1 Å². The lowest BCUT2D eigenvalue weighted by Crippen LogP contribution is -2.11. The van der Waals surface area contributed by atoms with Crippen molar-refractivity contribution in [3.05, 3.63) is 200 Å². The highest BCUT2D eigenvalue weighted by Gasteiger charge is 2.25. The lowest BCUT2D eigenvalue weighted by Gasteiger charge is -2.28. The van der Waals surface area contributed by atoms with E-state index in [-0.39, 0.29) is 0 Å². The Morgan fingerprint density at radius 3 is 1.75 bits per heavy atom. The molecule has 0 aliphatic rings. The summed E-state index contributed by atoms with van der Waals surface area (Å²) in [6.07, 6.45) is 0. The highest BCUT2D eigenvalue weighted by atomic mass is 32.1. The summed E-state index contributed by atoms with van der Waals surface area (Å²) < 4.78 is 9.63. The van der Waals surface area contributed by atoms with E-state index < -0.39 is 0 Å². The second-order valence-corrected chi connectivity index (χ2v) is 15.1. The van der Waals surface area contributed by atoms with Crippen LogP contribution in [0.3, 0.4) is 0 Å². The molecule has 0 spiro atoms. The van der Waals surface area contributed by atoms with E-state index in [4.69, 9.17) is 4.42 Å². The molecule has 55 heavy (non-hydrogen) atoms. The quantitative estimate of drug-likeness (QED) is 0.170. The van der Waals surface area contributed by atoms with E-state index in [1.54, 1.807) is 0 Å². The van der Waals surface area contributed by atoms with Gasteiger partial charge in [0.2, 0.25) is 0 Å². The van der Waals surface area contributed by atoms with Crippen LogP contribution in [0.15, 0.2) is 205 Å². The summed E-state index contributed by atoms with van der Waals surface area (Å²) in [5, 5.41) is 7.24. The van der Waals surface area contributed by atoms with Gasteiger partial charge in [-0.1, -0.05) is 158 Å². The molecular formula is C52H33NOS. The van der Waals surface area contributed by atoms with Crippen LogP contribution in [0.2, 0.25) is 0 Å². The molecule has 2 heterocycles. The molecule has 0 unspecified atom stereocenters. The number of hydrogen-bond acceptors (Lipinski definition) is 3. The lowest BCUT2D eigenvalue weighted by molar-refractivity contribution is 0.669. The van der Waals surface area contributed by atoms with Gasteiger partial charge in [-0.25, -0.2) is 0 Å². The Kier molecular flexibility index (Phi) is 7.39. The summed E-state index contributed by atoms with van der Waals surface area (Å²) in [6.45, 7) is 0. The zero-order valence-electron chi connectivity index (χ0n) is 29.8. The van der Waals surface area contributed by atoms with E-state index >= 15 is 0 Å². The topological polar surface area (TPSA) is 16.4 Å². The zero-order chi connectivity index (χ0) is 36.3. The highest BCUT2D eigenvalue weighted by Crippen LogP contribution is 2.49. The number of furan rings is 1. The van der Waals surface area contributed by atoms with E-state index in [9.17, 15) is 0 Å². The second kappa shape index (κ2) is 12.9. The van der Waals surface area contributed by atoms with E-state index in [0.29, 0.717) is 0 Å². The Morgan fingerprint density at radius 2 is 0.982 bits per heavy atom. The summed E-state index contributed by atoms with van der Waals surface area (Å²) in [6, 6.07) is 72.0. The molecule has 0 fully saturated rings. The van der Waals surface area contributed by atoms with Crippen molar-refractivity contribution < 1.29 is 4.42 Å². The molecule has 2 aromatic heterocycles. The van der Waals surface area contributed by atoms with Crippen molar-refractivity contribution in [2.75, 3.05) is 4.90 Å². The van der Waals surface area contributed by atoms with Crippen LogP contribution in [-0.2, 0) is 0 Å². The van der Waals surface area contributed by atoms with Crippen molar-refractivity contribution in [2.24, 2.45) is 0 Å². The van der Waals surface area contributed by atoms with Crippen molar-refractivity contribution >= 4 is 81.3 Å². The van der Waals surface area contributed by atoms with Crippen LogP contribution < -0.4 is 4.90 Å². The maximum Gasteiger partial charge on any atom is 0.160 e. The Balaban J connectivity index is 1.16. The van der Waals surface area contributed by atoms with Gasteiger partial charge >= 0.3 is 0 Å². The standard InChI is InChI=1S/C52H33NOS/c1-3-12-34(13-4-1)35-22-27-39(28-23-35)53(40-29-24-38(25-30-40)43-19-11-20-45-44-18-9-10-21-48(44)55-52(43)45)50-42(36-14-5-2-6-15-36)31-32-46-49-41-17-8-7-16-37(41)26-33-47(49)54-51(46)50/h1-33H. The van der Waals surface area contributed by atoms with E-state index in [2.05, 4.69) is 205 Å². The number of anilines is 3. The second-order valence-electron chi connectivity index (χ2n) is 14.0. The Labute approximate surface area is 322 Å². The molecule has 0 aliphatic carbocycles. The van der Waals surface area contributed by atoms with Gasteiger partial charge in [0.25, 0.3) is 0 Å². The maximum absolute atomic E-state index is 7.00. The Bertz CT molecular complexity index is 3180. The van der Waals surface area contributed by atoms with Gasteiger partial charge < -0.3 is 9.32 Å². The molecule has 0 amide bonds. The summed E-state index contributed by atoms with van der Waals surface area (Å²) in [5.41, 5.74) is 11.9. The minimum absolute atomic E-state index is 0.860. The first-order valence-electron chi connectivity index (χ1n) is 18.7. The number of rotatable bonds is 6. The molecule has 2 nitrogen and oxygen atoms in total. The van der Waals surface area contributed by atoms with Gasteiger partial charge in [0.15, 0.2) is 5.58 Å². The van der Waals surface area contributed by atoms with Gasteiger partial charge in [-0.3, -0.25) is 0 Å². The van der Waals surface area contributed by atoms with Gasteiger partial charge in [-0.05, 0) is 81.1 Å². The monoisotopic (exact) mass is 719 g/mol. The molecule has 0 aliphatic heterocycles. The highest BCUT2D eigenvalue weighted by molar-refractivity contribution is 7.26. The Morgan fingerprint density at radius 1 is 0.382 bits per heavy atom. The fourth-order valence-electron chi connectivity index (χ4n) is 8.27. The zero-order valence-corrected chi connectivity index (χ0v) is 30.6. The van der Waals surface area contributed by atoms with Crippen molar-refractivity contribution in [2.45, 2.75) is 0 Å². The molecule has 0 saturated heterocycles. The van der Waals surface area contributed by atoms with Crippen molar-refractivity contribution in [3.63, 3.8) is 0 Å². The number of benzene rings is 9. The van der Waals surface area contributed by atoms with Crippen molar-refractivity contribution in [3.8, 4) is 33.4 Å².